The van der Waals surface area contributed by atoms with Crippen molar-refractivity contribution >= 4 is 17.9 Å². The first kappa shape index (κ1) is 37.7. The molecule has 0 bridgehead atoms. The van der Waals surface area contributed by atoms with Crippen LogP contribution >= 0.6 is 0 Å². The molecule has 1 radical (unpaired) electrons. The van der Waals surface area contributed by atoms with Gasteiger partial charge < -0.3 is 46.0 Å². The van der Waals surface area contributed by atoms with E-state index in [1.165, 1.54) is 0 Å². The van der Waals surface area contributed by atoms with E-state index in [1.54, 1.807) is 20.8 Å². The smallest absolute Gasteiger partial charge is 0.314 e. The Morgan fingerprint density at radius 2 is 0.613 bits per heavy atom. The van der Waals surface area contributed by atoms with Crippen LogP contribution in [0.3, 0.4) is 0 Å². The minimum Gasteiger partial charge on any atom is -0.481 e. The quantitative estimate of drug-likeness (QED) is 0.126. The van der Waals surface area contributed by atoms with Gasteiger partial charge in [-0.25, -0.2) is 0 Å². The maximum Gasteiger partial charge on any atom is 0.314 e. The molecule has 0 aliphatic rings. The van der Waals surface area contributed by atoms with Crippen LogP contribution in [-0.4, -0.2) is 104 Å². The fourth-order valence-electron chi connectivity index (χ4n) is 1.68. The molecular formula is C18H36LaO12. The molecule has 0 aromatic carbocycles. The van der Waals surface area contributed by atoms with E-state index in [9.17, 15) is 14.4 Å². The molecule has 0 atom stereocenters. The molecule has 0 aromatic rings. The van der Waals surface area contributed by atoms with Crippen molar-refractivity contribution < 1.29 is 95.9 Å². The number of carboxylic acid groups (broad SMARTS) is 3. The van der Waals surface area contributed by atoms with Gasteiger partial charge in [-0.15, -0.1) is 0 Å². The Bertz CT molecular complexity index is 404. The van der Waals surface area contributed by atoms with Gasteiger partial charge in [0.2, 0.25) is 0 Å². The molecule has 0 aromatic heterocycles. The van der Waals surface area contributed by atoms with Crippen molar-refractivity contribution in [1.29, 1.82) is 0 Å². The summed E-state index contributed by atoms with van der Waals surface area (Å²) in [5.74, 6) is -3.46. The predicted octanol–water partition coefficient (Wildman–Crippen LogP) is -1.64. The second kappa shape index (κ2) is 18.9. The number of hydrogen-bond acceptors (Lipinski definition) is 9. The van der Waals surface area contributed by atoms with Crippen LogP contribution in [0.25, 0.3) is 0 Å². The average Bonchev–Trinajstić information content (AvgIpc) is 2.73. The minimum atomic E-state index is -1.35. The first-order valence-electron chi connectivity index (χ1n) is 9.23. The molecule has 0 aliphatic heterocycles. The third-order valence-corrected chi connectivity index (χ3v) is 5.21. The third-order valence-electron chi connectivity index (χ3n) is 5.21. The monoisotopic (exact) mass is 583 g/mol. The summed E-state index contributed by atoms with van der Waals surface area (Å²) in [6, 6.07) is 0. The topological polar surface area (TPSA) is 233 Å². The summed E-state index contributed by atoms with van der Waals surface area (Å²) in [5, 5.41) is 77.1. The van der Waals surface area contributed by atoms with Crippen LogP contribution in [0.4, 0.5) is 0 Å². The van der Waals surface area contributed by atoms with Crippen LogP contribution < -0.4 is 0 Å². The van der Waals surface area contributed by atoms with E-state index in [0.29, 0.717) is 0 Å². The van der Waals surface area contributed by atoms with E-state index in [2.05, 4.69) is 0 Å². The Kier molecular flexibility index (Phi) is 23.0. The molecular weight excluding hydrogens is 547 g/mol. The van der Waals surface area contributed by atoms with E-state index in [0.717, 1.165) is 0 Å². The van der Waals surface area contributed by atoms with Gasteiger partial charge in [0, 0.05) is 35.6 Å². The first-order valence-corrected chi connectivity index (χ1v) is 9.23. The van der Waals surface area contributed by atoms with Gasteiger partial charge in [0.1, 0.15) is 16.2 Å². The molecule has 0 saturated heterocycles. The SMILES string of the molecule is CCC(CO)(CO)C(=O)O.CCC(CO)(CO)C(=O)O.CCC(CO)(CO)C(=O)O.[La]. The van der Waals surface area contributed by atoms with E-state index in [1.807, 2.05) is 0 Å². The zero-order chi connectivity index (χ0) is 24.6. The number of hydrogen-bond donors (Lipinski definition) is 9. The molecule has 0 aliphatic carbocycles. The molecule has 0 saturated carbocycles. The molecule has 31 heavy (non-hydrogen) atoms. The number of carbonyl (C=O) groups is 3. The fraction of sp³-hybridized carbons (Fsp3) is 0.833. The maximum atomic E-state index is 10.4. The Morgan fingerprint density at radius 3 is 0.613 bits per heavy atom. The number of aliphatic hydroxyl groups is 6. The van der Waals surface area contributed by atoms with Crippen LogP contribution in [0, 0.1) is 51.8 Å². The van der Waals surface area contributed by atoms with Crippen molar-refractivity contribution in [3.63, 3.8) is 0 Å². The van der Waals surface area contributed by atoms with E-state index in [-0.39, 0.29) is 54.9 Å². The molecule has 0 rings (SSSR count). The molecule has 0 spiro atoms. The molecule has 12 nitrogen and oxygen atoms in total. The van der Waals surface area contributed by atoms with Crippen LogP contribution in [0.15, 0.2) is 0 Å². The molecule has 0 heterocycles. The molecule has 0 amide bonds. The van der Waals surface area contributed by atoms with Crippen molar-refractivity contribution in [3.05, 3.63) is 0 Å². The summed E-state index contributed by atoms with van der Waals surface area (Å²) in [6.45, 7) is 1.72. The summed E-state index contributed by atoms with van der Waals surface area (Å²) in [4.78, 5) is 31.2. The normalized spacial score (nSPS) is 11.1. The Labute approximate surface area is 209 Å². The molecule has 0 fully saturated rings. The van der Waals surface area contributed by atoms with Crippen molar-refractivity contribution in [1.82, 2.24) is 0 Å². The zero-order valence-corrected chi connectivity index (χ0v) is 21.8. The minimum absolute atomic E-state index is 0. The fourth-order valence-corrected chi connectivity index (χ4v) is 1.68. The second-order valence-corrected chi connectivity index (χ2v) is 6.77. The van der Waals surface area contributed by atoms with Gasteiger partial charge >= 0.3 is 17.9 Å². The van der Waals surface area contributed by atoms with Crippen molar-refractivity contribution in [2.75, 3.05) is 39.6 Å². The summed E-state index contributed by atoms with van der Waals surface area (Å²) in [5.41, 5.74) is -4.04. The van der Waals surface area contributed by atoms with Crippen LogP contribution in [0.2, 0.25) is 0 Å². The van der Waals surface area contributed by atoms with E-state index < -0.39 is 73.8 Å². The van der Waals surface area contributed by atoms with Crippen LogP contribution in [0.5, 0.6) is 0 Å². The molecule has 183 valence electrons. The zero-order valence-electron chi connectivity index (χ0n) is 18.2. The second-order valence-electron chi connectivity index (χ2n) is 6.77. The summed E-state index contributed by atoms with van der Waals surface area (Å²) < 4.78 is 0. The summed E-state index contributed by atoms with van der Waals surface area (Å²) >= 11 is 0. The summed E-state index contributed by atoms with van der Waals surface area (Å²) in [6.07, 6.45) is 0.694. The van der Waals surface area contributed by atoms with Gasteiger partial charge in [0.15, 0.2) is 0 Å². The number of aliphatic carboxylic acids is 3. The van der Waals surface area contributed by atoms with Crippen LogP contribution in [-0.2, 0) is 14.4 Å². The van der Waals surface area contributed by atoms with E-state index >= 15 is 0 Å². The standard InChI is InChI=1S/3C6H12O4.La/c3*1-2-6(3-7,4-8)5(9)10;/h3*7-8H,2-4H2,1H3,(H,9,10);. The van der Waals surface area contributed by atoms with Gasteiger partial charge in [-0.05, 0) is 19.3 Å². The molecule has 9 N–H and O–H groups in total. The van der Waals surface area contributed by atoms with Crippen molar-refractivity contribution in [2.45, 2.75) is 40.0 Å². The van der Waals surface area contributed by atoms with Gasteiger partial charge in [0.05, 0.1) is 39.6 Å². The largest absolute Gasteiger partial charge is 0.481 e. The molecule has 0 unspecified atom stereocenters. The Morgan fingerprint density at radius 1 is 0.484 bits per heavy atom. The Hall–Kier alpha value is -0.635. The van der Waals surface area contributed by atoms with E-state index in [4.69, 9.17) is 46.0 Å². The average molecular weight is 583 g/mol. The number of carboxylic acids is 3. The van der Waals surface area contributed by atoms with Gasteiger partial charge in [0.25, 0.3) is 0 Å². The van der Waals surface area contributed by atoms with Crippen LogP contribution in [0.1, 0.15) is 40.0 Å². The third kappa shape index (κ3) is 11.2. The first-order chi connectivity index (χ1) is 13.9. The summed E-state index contributed by atoms with van der Waals surface area (Å²) in [7, 11) is 0. The van der Waals surface area contributed by atoms with Gasteiger partial charge in [-0.2, -0.15) is 0 Å². The van der Waals surface area contributed by atoms with Crippen molar-refractivity contribution in [3.8, 4) is 0 Å². The number of rotatable bonds is 12. The van der Waals surface area contributed by atoms with Crippen molar-refractivity contribution in [2.24, 2.45) is 16.2 Å². The predicted molar refractivity (Wildman–Crippen MR) is 104 cm³/mol. The van der Waals surface area contributed by atoms with Gasteiger partial charge in [-0.3, -0.25) is 14.4 Å². The molecule has 13 heteroatoms. The maximum absolute atomic E-state index is 10.4. The Balaban J connectivity index is -0.000000174. The number of aliphatic hydroxyl groups excluding tert-OH is 6. The van der Waals surface area contributed by atoms with Gasteiger partial charge in [-0.1, -0.05) is 20.8 Å².